The highest BCUT2D eigenvalue weighted by Gasteiger charge is 2.31. The van der Waals surface area contributed by atoms with Crippen LogP contribution in [0.5, 0.6) is 5.06 Å². The topological polar surface area (TPSA) is 29.5 Å². The number of methoxy groups -OCH3 is 1. The van der Waals surface area contributed by atoms with E-state index in [4.69, 9.17) is 4.74 Å². The van der Waals surface area contributed by atoms with Gasteiger partial charge in [-0.1, -0.05) is 0 Å². The molecule has 2 atom stereocenters. The molecule has 0 radical (unpaired) electrons. The fourth-order valence-corrected chi connectivity index (χ4v) is 2.47. The first-order valence-corrected chi connectivity index (χ1v) is 4.94. The Morgan fingerprint density at radius 1 is 1.50 bits per heavy atom. The molecule has 1 saturated carbocycles. The van der Waals surface area contributed by atoms with Gasteiger partial charge in [0.15, 0.2) is 5.06 Å². The molecule has 3 heteroatoms. The largest absolute Gasteiger partial charge is 0.487 e. The number of thiophene rings is 1. The Hall–Kier alpha value is -0.540. The lowest BCUT2D eigenvalue weighted by Crippen LogP contribution is -2.27. The second-order valence-corrected chi connectivity index (χ2v) is 4.19. The Kier molecular flexibility index (Phi) is 2.07. The highest BCUT2D eigenvalue weighted by molar-refractivity contribution is 7.13. The van der Waals surface area contributed by atoms with Gasteiger partial charge in [-0.15, -0.1) is 11.3 Å². The molecule has 1 fully saturated rings. The van der Waals surface area contributed by atoms with Crippen molar-refractivity contribution in [1.82, 2.24) is 0 Å². The number of hydrogen-bond acceptors (Lipinski definition) is 3. The Labute approximate surface area is 75.8 Å². The summed E-state index contributed by atoms with van der Waals surface area (Å²) < 4.78 is 5.09. The van der Waals surface area contributed by atoms with Crippen molar-refractivity contribution in [1.29, 1.82) is 0 Å². The average Bonchev–Trinajstić information content (AvgIpc) is 2.50. The van der Waals surface area contributed by atoms with Crippen LogP contribution in [0.2, 0.25) is 0 Å². The molecule has 0 aliphatic heterocycles. The Bertz CT molecular complexity index is 269. The van der Waals surface area contributed by atoms with Gasteiger partial charge in [0.1, 0.15) is 0 Å². The van der Waals surface area contributed by atoms with Crippen LogP contribution in [0.4, 0.5) is 0 Å². The highest BCUT2D eigenvalue weighted by Crippen LogP contribution is 2.41. The maximum absolute atomic E-state index is 9.41. The lowest BCUT2D eigenvalue weighted by atomic mass is 9.81. The van der Waals surface area contributed by atoms with E-state index in [1.165, 1.54) is 4.88 Å². The molecule has 2 unspecified atom stereocenters. The Morgan fingerprint density at radius 3 is 2.75 bits per heavy atom. The summed E-state index contributed by atoms with van der Waals surface area (Å²) in [5.41, 5.74) is 0. The summed E-state index contributed by atoms with van der Waals surface area (Å²) in [6.07, 6.45) is 1.95. The number of ether oxygens (including phenoxy) is 1. The molecule has 1 aliphatic rings. The molecule has 2 nitrogen and oxygen atoms in total. The van der Waals surface area contributed by atoms with Crippen LogP contribution in [0.3, 0.4) is 0 Å². The molecule has 66 valence electrons. The molecule has 1 aromatic rings. The maximum Gasteiger partial charge on any atom is 0.173 e. The molecular formula is C9H12O2S. The van der Waals surface area contributed by atoms with Crippen LogP contribution < -0.4 is 4.74 Å². The van der Waals surface area contributed by atoms with E-state index in [-0.39, 0.29) is 6.10 Å². The van der Waals surface area contributed by atoms with Gasteiger partial charge in [-0.2, -0.15) is 0 Å². The summed E-state index contributed by atoms with van der Waals surface area (Å²) >= 11 is 1.64. The second-order valence-electron chi connectivity index (χ2n) is 3.11. The first-order valence-electron chi connectivity index (χ1n) is 4.13. The van der Waals surface area contributed by atoms with E-state index in [2.05, 4.69) is 6.07 Å². The quantitative estimate of drug-likeness (QED) is 0.761. The predicted octanol–water partition coefficient (Wildman–Crippen LogP) is 2.00. The van der Waals surface area contributed by atoms with E-state index in [1.807, 2.05) is 6.07 Å². The first-order chi connectivity index (χ1) is 5.81. The zero-order valence-electron chi connectivity index (χ0n) is 6.99. The summed E-state index contributed by atoms with van der Waals surface area (Å²) in [5.74, 6) is 0.374. The van der Waals surface area contributed by atoms with Crippen LogP contribution in [0.25, 0.3) is 0 Å². The molecule has 0 saturated heterocycles. The number of hydrogen-bond donors (Lipinski definition) is 1. The molecule has 0 spiro atoms. The van der Waals surface area contributed by atoms with Crippen molar-refractivity contribution in [3.05, 3.63) is 17.0 Å². The van der Waals surface area contributed by atoms with Crippen molar-refractivity contribution >= 4 is 11.3 Å². The van der Waals surface area contributed by atoms with Gasteiger partial charge in [-0.25, -0.2) is 0 Å². The molecule has 1 aliphatic carbocycles. The van der Waals surface area contributed by atoms with Crippen molar-refractivity contribution in [3.63, 3.8) is 0 Å². The maximum atomic E-state index is 9.41. The zero-order valence-corrected chi connectivity index (χ0v) is 7.80. The molecule has 2 rings (SSSR count). The molecule has 0 bridgehead atoms. The summed E-state index contributed by atoms with van der Waals surface area (Å²) in [4.78, 5) is 1.26. The molecule has 1 heterocycles. The normalized spacial score (nSPS) is 28.2. The smallest absolute Gasteiger partial charge is 0.173 e. The number of aliphatic hydroxyl groups excluding tert-OH is 1. The van der Waals surface area contributed by atoms with E-state index < -0.39 is 0 Å². The minimum Gasteiger partial charge on any atom is -0.487 e. The van der Waals surface area contributed by atoms with E-state index in [9.17, 15) is 5.11 Å². The second kappa shape index (κ2) is 3.07. The van der Waals surface area contributed by atoms with Gasteiger partial charge in [0, 0.05) is 10.8 Å². The van der Waals surface area contributed by atoms with Crippen molar-refractivity contribution in [2.45, 2.75) is 24.9 Å². The van der Waals surface area contributed by atoms with Crippen LogP contribution >= 0.6 is 11.3 Å². The van der Waals surface area contributed by atoms with Crippen LogP contribution in [0, 0.1) is 0 Å². The zero-order chi connectivity index (χ0) is 8.55. The third-order valence-corrected chi connectivity index (χ3v) is 3.59. The molecule has 12 heavy (non-hydrogen) atoms. The van der Waals surface area contributed by atoms with Gasteiger partial charge < -0.3 is 9.84 Å². The van der Waals surface area contributed by atoms with Gasteiger partial charge in [0.2, 0.25) is 0 Å². The highest BCUT2D eigenvalue weighted by atomic mass is 32.1. The van der Waals surface area contributed by atoms with Crippen molar-refractivity contribution in [2.75, 3.05) is 7.11 Å². The van der Waals surface area contributed by atoms with E-state index in [0.717, 1.165) is 17.9 Å². The SMILES string of the molecule is COc1ccc(C2CCC2O)s1. The minimum absolute atomic E-state index is 0.117. The lowest BCUT2D eigenvalue weighted by molar-refractivity contribution is 0.0677. The van der Waals surface area contributed by atoms with Crippen LogP contribution in [0.15, 0.2) is 12.1 Å². The monoisotopic (exact) mass is 184 g/mol. The van der Waals surface area contributed by atoms with E-state index >= 15 is 0 Å². The van der Waals surface area contributed by atoms with E-state index in [1.54, 1.807) is 18.4 Å². The van der Waals surface area contributed by atoms with Crippen LogP contribution in [-0.2, 0) is 0 Å². The standard InChI is InChI=1S/C9H12O2S/c1-11-9-5-4-8(12-9)6-2-3-7(6)10/h4-7,10H,2-3H2,1H3. The van der Waals surface area contributed by atoms with Gasteiger partial charge in [0.05, 0.1) is 13.2 Å². The van der Waals surface area contributed by atoms with E-state index in [0.29, 0.717) is 5.92 Å². The fraction of sp³-hybridized carbons (Fsp3) is 0.556. The van der Waals surface area contributed by atoms with Crippen LogP contribution in [-0.4, -0.2) is 18.3 Å². The van der Waals surface area contributed by atoms with Crippen molar-refractivity contribution in [2.24, 2.45) is 0 Å². The van der Waals surface area contributed by atoms with Crippen molar-refractivity contribution < 1.29 is 9.84 Å². The van der Waals surface area contributed by atoms with Crippen molar-refractivity contribution in [3.8, 4) is 5.06 Å². The third-order valence-electron chi connectivity index (χ3n) is 2.41. The average molecular weight is 184 g/mol. The Morgan fingerprint density at radius 2 is 2.33 bits per heavy atom. The first kappa shape index (κ1) is 8.08. The predicted molar refractivity (Wildman–Crippen MR) is 48.9 cm³/mol. The Balaban J connectivity index is 2.12. The summed E-state index contributed by atoms with van der Waals surface area (Å²) in [6.45, 7) is 0. The molecular weight excluding hydrogens is 172 g/mol. The molecule has 0 amide bonds. The minimum atomic E-state index is -0.117. The molecule has 1 N–H and O–H groups in total. The summed E-state index contributed by atoms with van der Waals surface area (Å²) in [7, 11) is 1.67. The van der Waals surface area contributed by atoms with Gasteiger partial charge in [0.25, 0.3) is 0 Å². The van der Waals surface area contributed by atoms with Gasteiger partial charge in [-0.3, -0.25) is 0 Å². The lowest BCUT2D eigenvalue weighted by Gasteiger charge is -2.31. The third kappa shape index (κ3) is 1.23. The van der Waals surface area contributed by atoms with Crippen LogP contribution in [0.1, 0.15) is 23.6 Å². The fourth-order valence-electron chi connectivity index (χ4n) is 1.46. The summed E-state index contributed by atoms with van der Waals surface area (Å²) in [5, 5.41) is 10.3. The van der Waals surface area contributed by atoms with Gasteiger partial charge in [-0.05, 0) is 25.0 Å². The number of aliphatic hydroxyl groups is 1. The summed E-state index contributed by atoms with van der Waals surface area (Å²) in [6, 6.07) is 4.02. The molecule has 0 aromatic carbocycles. The molecule has 1 aromatic heterocycles. The van der Waals surface area contributed by atoms with Gasteiger partial charge >= 0.3 is 0 Å². The number of rotatable bonds is 2.